The number of aryl methyl sites for hydroxylation is 1. The number of aliphatic hydroxyl groups excluding tert-OH is 1. The van der Waals surface area contributed by atoms with Gasteiger partial charge in [-0.2, -0.15) is 5.10 Å². The van der Waals surface area contributed by atoms with Crippen LogP contribution >= 0.6 is 15.9 Å². The summed E-state index contributed by atoms with van der Waals surface area (Å²) in [5.74, 6) is 0. The lowest BCUT2D eigenvalue weighted by molar-refractivity contribution is 0.199. The van der Waals surface area contributed by atoms with Gasteiger partial charge in [0.25, 0.3) is 0 Å². The number of hydrogen-bond acceptors (Lipinski definition) is 2. The smallest absolute Gasteiger partial charge is 0.0787 e. The van der Waals surface area contributed by atoms with E-state index in [1.165, 1.54) is 0 Å². The molecule has 0 spiro atoms. The van der Waals surface area contributed by atoms with E-state index in [-0.39, 0.29) is 0 Å². The van der Waals surface area contributed by atoms with Gasteiger partial charge in [0.05, 0.1) is 18.0 Å². The van der Waals surface area contributed by atoms with E-state index in [2.05, 4.69) is 21.0 Å². The highest BCUT2D eigenvalue weighted by Crippen LogP contribution is 2.25. The number of hydrogen-bond donors (Lipinski definition) is 1. The van der Waals surface area contributed by atoms with Gasteiger partial charge in [-0.15, -0.1) is 0 Å². The monoisotopic (exact) mass is 280 g/mol. The Morgan fingerprint density at radius 2 is 2.19 bits per heavy atom. The molecule has 0 amide bonds. The molecule has 16 heavy (non-hydrogen) atoms. The predicted molar refractivity (Wildman–Crippen MR) is 66.6 cm³/mol. The average Bonchev–Trinajstić information content (AvgIpc) is 2.64. The fraction of sp³-hybridized carbons (Fsp3) is 0.250. The van der Waals surface area contributed by atoms with Crippen molar-refractivity contribution in [3.05, 3.63) is 46.2 Å². The summed E-state index contributed by atoms with van der Waals surface area (Å²) >= 11 is 3.49. The van der Waals surface area contributed by atoms with E-state index < -0.39 is 6.10 Å². The molecule has 1 N–H and O–H groups in total. The molecule has 1 aromatic carbocycles. The quantitative estimate of drug-likeness (QED) is 0.919. The summed E-state index contributed by atoms with van der Waals surface area (Å²) in [4.78, 5) is 0. The van der Waals surface area contributed by atoms with Gasteiger partial charge < -0.3 is 5.11 Å². The number of aliphatic hydroxyl groups is 1. The fourth-order valence-corrected chi connectivity index (χ4v) is 2.09. The largest absolute Gasteiger partial charge is 0.389 e. The van der Waals surface area contributed by atoms with E-state index in [1.54, 1.807) is 6.92 Å². The van der Waals surface area contributed by atoms with Gasteiger partial charge in [0.2, 0.25) is 0 Å². The number of aromatic nitrogens is 2. The molecular formula is C12H13BrN2O. The Morgan fingerprint density at radius 1 is 1.44 bits per heavy atom. The van der Waals surface area contributed by atoms with Crippen molar-refractivity contribution in [1.29, 1.82) is 0 Å². The zero-order valence-corrected chi connectivity index (χ0v) is 10.8. The van der Waals surface area contributed by atoms with Crippen LogP contribution < -0.4 is 0 Å². The Bertz CT molecular complexity index is 505. The Hall–Kier alpha value is -1.13. The van der Waals surface area contributed by atoms with E-state index in [4.69, 9.17) is 0 Å². The highest BCUT2D eigenvalue weighted by molar-refractivity contribution is 9.10. The van der Waals surface area contributed by atoms with Gasteiger partial charge in [-0.25, -0.2) is 4.68 Å². The van der Waals surface area contributed by atoms with Crippen LogP contribution in [0.2, 0.25) is 0 Å². The van der Waals surface area contributed by atoms with Crippen LogP contribution in [0.5, 0.6) is 0 Å². The minimum atomic E-state index is -0.454. The van der Waals surface area contributed by atoms with E-state index in [0.29, 0.717) is 0 Å². The first-order valence-corrected chi connectivity index (χ1v) is 5.86. The molecule has 0 saturated carbocycles. The number of nitrogens with zero attached hydrogens (tertiary/aromatic N) is 2. The van der Waals surface area contributed by atoms with Crippen molar-refractivity contribution in [2.24, 2.45) is 0 Å². The van der Waals surface area contributed by atoms with Gasteiger partial charge in [0, 0.05) is 10.7 Å². The summed E-state index contributed by atoms with van der Waals surface area (Å²) in [6.45, 7) is 3.75. The lowest BCUT2D eigenvalue weighted by atomic mass is 10.1. The second-order valence-corrected chi connectivity index (χ2v) is 4.70. The maximum atomic E-state index is 9.47. The molecule has 0 radical (unpaired) electrons. The minimum Gasteiger partial charge on any atom is -0.389 e. The summed E-state index contributed by atoms with van der Waals surface area (Å²) in [6.07, 6.45) is 3.32. The molecule has 0 saturated heterocycles. The zero-order chi connectivity index (χ0) is 11.7. The van der Waals surface area contributed by atoms with Crippen LogP contribution in [0.15, 0.2) is 35.1 Å². The molecule has 2 rings (SSSR count). The van der Waals surface area contributed by atoms with Crippen molar-refractivity contribution < 1.29 is 5.11 Å². The van der Waals surface area contributed by atoms with Crippen molar-refractivity contribution in [1.82, 2.24) is 9.78 Å². The Kier molecular flexibility index (Phi) is 3.12. The van der Waals surface area contributed by atoms with Crippen LogP contribution in [0.3, 0.4) is 0 Å². The molecular weight excluding hydrogens is 268 g/mol. The maximum absolute atomic E-state index is 9.47. The van der Waals surface area contributed by atoms with Gasteiger partial charge in [0.1, 0.15) is 0 Å². The molecule has 0 aliphatic heterocycles. The minimum absolute atomic E-state index is 0.454. The van der Waals surface area contributed by atoms with Crippen molar-refractivity contribution in [3.63, 3.8) is 0 Å². The normalized spacial score (nSPS) is 12.8. The van der Waals surface area contributed by atoms with E-state index in [9.17, 15) is 5.11 Å². The molecule has 0 unspecified atom stereocenters. The molecule has 0 fully saturated rings. The summed E-state index contributed by atoms with van der Waals surface area (Å²) in [5, 5.41) is 13.7. The fourth-order valence-electron chi connectivity index (χ4n) is 1.51. The second-order valence-electron chi connectivity index (χ2n) is 3.85. The molecule has 84 valence electrons. The van der Waals surface area contributed by atoms with Crippen molar-refractivity contribution in [2.75, 3.05) is 0 Å². The molecule has 1 heterocycles. The second kappa shape index (κ2) is 4.39. The highest BCUT2D eigenvalue weighted by Gasteiger charge is 2.07. The molecule has 4 heteroatoms. The van der Waals surface area contributed by atoms with Gasteiger partial charge in [-0.3, -0.25) is 0 Å². The summed E-state index contributed by atoms with van der Waals surface area (Å²) in [5.41, 5.74) is 2.98. The van der Waals surface area contributed by atoms with Crippen molar-refractivity contribution in [3.8, 4) is 5.69 Å². The number of benzene rings is 1. The van der Waals surface area contributed by atoms with Crippen LogP contribution in [-0.4, -0.2) is 14.9 Å². The Labute approximate surface area is 103 Å². The molecule has 0 bridgehead atoms. The number of rotatable bonds is 2. The lowest BCUT2D eigenvalue weighted by Crippen LogP contribution is -1.98. The van der Waals surface area contributed by atoms with Crippen LogP contribution in [0, 0.1) is 6.92 Å². The summed E-state index contributed by atoms with van der Waals surface area (Å²) < 4.78 is 2.74. The van der Waals surface area contributed by atoms with E-state index >= 15 is 0 Å². The maximum Gasteiger partial charge on any atom is 0.0787 e. The van der Waals surface area contributed by atoms with Gasteiger partial charge in [-0.05, 0) is 53.0 Å². The van der Waals surface area contributed by atoms with E-state index in [0.717, 1.165) is 21.3 Å². The van der Waals surface area contributed by atoms with Crippen molar-refractivity contribution in [2.45, 2.75) is 20.0 Å². The van der Waals surface area contributed by atoms with Gasteiger partial charge in [0.15, 0.2) is 0 Å². The predicted octanol–water partition coefficient (Wildman–Crippen LogP) is 3.00. The summed E-state index contributed by atoms with van der Waals surface area (Å²) in [6, 6.07) is 5.76. The third kappa shape index (κ3) is 2.18. The zero-order valence-electron chi connectivity index (χ0n) is 9.18. The first-order chi connectivity index (χ1) is 7.58. The summed E-state index contributed by atoms with van der Waals surface area (Å²) in [7, 11) is 0. The molecule has 0 aliphatic rings. The molecule has 3 nitrogen and oxygen atoms in total. The molecule has 1 atom stereocenters. The van der Waals surface area contributed by atoms with Crippen LogP contribution in [0.1, 0.15) is 24.2 Å². The average molecular weight is 281 g/mol. The number of halogens is 1. The molecule has 1 aromatic heterocycles. The van der Waals surface area contributed by atoms with Crippen LogP contribution in [-0.2, 0) is 0 Å². The highest BCUT2D eigenvalue weighted by atomic mass is 79.9. The lowest BCUT2D eigenvalue weighted by Gasteiger charge is -2.09. The SMILES string of the molecule is Cc1cnn(-c2ccc([C@@H](C)O)cc2Br)c1. The third-order valence-corrected chi connectivity index (χ3v) is 3.05. The van der Waals surface area contributed by atoms with Gasteiger partial charge >= 0.3 is 0 Å². The standard InChI is InChI=1S/C12H13BrN2O/c1-8-6-14-15(7-8)12-4-3-10(9(2)16)5-11(12)13/h3-7,9,16H,1-2H3/t9-/m1/s1. The molecule has 2 aromatic rings. The van der Waals surface area contributed by atoms with Crippen LogP contribution in [0.25, 0.3) is 5.69 Å². The van der Waals surface area contributed by atoms with E-state index in [1.807, 2.05) is 42.2 Å². The molecule has 0 aliphatic carbocycles. The van der Waals surface area contributed by atoms with Crippen molar-refractivity contribution >= 4 is 15.9 Å². The Balaban J connectivity index is 2.44. The topological polar surface area (TPSA) is 38.0 Å². The van der Waals surface area contributed by atoms with Gasteiger partial charge in [-0.1, -0.05) is 6.07 Å². The first kappa shape index (κ1) is 11.4. The van der Waals surface area contributed by atoms with Crippen LogP contribution in [0.4, 0.5) is 0 Å². The Morgan fingerprint density at radius 3 is 2.69 bits per heavy atom. The third-order valence-electron chi connectivity index (χ3n) is 2.41. The first-order valence-electron chi connectivity index (χ1n) is 5.07.